The van der Waals surface area contributed by atoms with Crippen LogP contribution in [0.15, 0.2) is 120 Å². The van der Waals surface area contributed by atoms with Gasteiger partial charge >= 0.3 is 0 Å². The molecule has 3 aliphatic heterocycles. The monoisotopic (exact) mass is 769 g/mol. The van der Waals surface area contributed by atoms with Gasteiger partial charge in [0.05, 0.1) is 40.1 Å². The van der Waals surface area contributed by atoms with Crippen LogP contribution in [-0.4, -0.2) is 93.9 Å². The van der Waals surface area contributed by atoms with Gasteiger partial charge in [0.2, 0.25) is 0 Å². The highest BCUT2D eigenvalue weighted by atomic mass is 16.8. The lowest BCUT2D eigenvalue weighted by Gasteiger charge is -2.50. The van der Waals surface area contributed by atoms with Crippen LogP contribution >= 0.6 is 0 Å². The minimum Gasteiger partial charge on any atom is -0.497 e. The van der Waals surface area contributed by atoms with Crippen LogP contribution in [0.2, 0.25) is 0 Å². The molecule has 1 unspecified atom stereocenters. The maximum atomic E-state index is 12.1. The van der Waals surface area contributed by atoms with Crippen LogP contribution in [0.4, 0.5) is 0 Å². The lowest BCUT2D eigenvalue weighted by molar-refractivity contribution is -0.386. The fraction of sp³-hybridized carbons (Fsp3) is 0.429. The average Bonchev–Trinajstić information content (AvgIpc) is 3.25. The molecule has 0 amide bonds. The SMILES string of the molecule is COc1ccc(CO[C@@H]2[C@H](O[C@H]3[C@H](OCc4ccccc4)[C@@H](N=[N+]=[N-])[C@@H](OC)O[C@@H]3COCc3ccccc3)O[C@@H]3COC(c4ccccc4)O[C@H]3[C@@H]2O)cc1. The van der Waals surface area contributed by atoms with E-state index in [0.29, 0.717) is 12.4 Å². The molecular weight excluding hydrogens is 722 g/mol. The largest absolute Gasteiger partial charge is 0.497 e. The van der Waals surface area contributed by atoms with E-state index in [4.69, 9.17) is 47.4 Å². The first-order chi connectivity index (χ1) is 27.5. The van der Waals surface area contributed by atoms with Gasteiger partial charge in [-0.2, -0.15) is 0 Å². The van der Waals surface area contributed by atoms with Gasteiger partial charge in [0.15, 0.2) is 18.9 Å². The maximum Gasteiger partial charge on any atom is 0.187 e. The molecule has 0 spiro atoms. The highest BCUT2D eigenvalue weighted by Crippen LogP contribution is 2.38. The molecule has 1 N–H and O–H groups in total. The Morgan fingerprint density at radius 3 is 1.98 bits per heavy atom. The maximum absolute atomic E-state index is 12.1. The van der Waals surface area contributed by atoms with Gasteiger partial charge in [-0.3, -0.25) is 0 Å². The fourth-order valence-corrected chi connectivity index (χ4v) is 7.09. The molecule has 0 bridgehead atoms. The van der Waals surface area contributed by atoms with Crippen LogP contribution < -0.4 is 4.74 Å². The highest BCUT2D eigenvalue weighted by Gasteiger charge is 2.54. The smallest absolute Gasteiger partial charge is 0.187 e. The third-order valence-corrected chi connectivity index (χ3v) is 9.98. The summed E-state index contributed by atoms with van der Waals surface area (Å²) in [5, 5.41) is 16.2. The van der Waals surface area contributed by atoms with E-state index >= 15 is 0 Å². The fourth-order valence-electron chi connectivity index (χ4n) is 7.09. The Morgan fingerprint density at radius 2 is 1.34 bits per heavy atom. The molecule has 14 nitrogen and oxygen atoms in total. The van der Waals surface area contributed by atoms with Crippen molar-refractivity contribution in [2.24, 2.45) is 5.11 Å². The van der Waals surface area contributed by atoms with Crippen LogP contribution in [-0.2, 0) is 62.5 Å². The van der Waals surface area contributed by atoms with Crippen molar-refractivity contribution in [3.8, 4) is 5.75 Å². The highest BCUT2D eigenvalue weighted by molar-refractivity contribution is 5.27. The van der Waals surface area contributed by atoms with E-state index in [1.54, 1.807) is 7.11 Å². The van der Waals surface area contributed by atoms with Crippen molar-refractivity contribution in [2.45, 2.75) is 87.5 Å². The number of fused-ring (bicyclic) bond motifs is 1. The minimum atomic E-state index is -1.22. The summed E-state index contributed by atoms with van der Waals surface area (Å²) in [6, 6.07) is 35.3. The van der Waals surface area contributed by atoms with E-state index in [2.05, 4.69) is 10.0 Å². The van der Waals surface area contributed by atoms with Crippen molar-refractivity contribution in [3.05, 3.63) is 148 Å². The zero-order chi connectivity index (χ0) is 38.7. The standard InChI is InChI=1S/C42H47N3O11/c1-47-31-20-18-29(19-21-31)24-51-39-35(46)36-33(26-52-40(55-36)30-16-10-5-11-17-30)54-42(39)56-37-32(25-49-22-27-12-6-3-7-13-27)53-41(48-2)34(44-45-43)38(37)50-23-28-14-8-4-9-15-28/h3-21,32-42,46H,22-26H2,1-2H3/t32-,33-,34-,35+,36-,37-,38-,39+,40?,41+,42+/m1/s1. The number of hydrogen-bond donors (Lipinski definition) is 1. The number of ether oxygens (including phenoxy) is 10. The first-order valence-electron chi connectivity index (χ1n) is 18.6. The van der Waals surface area contributed by atoms with Gasteiger partial charge in [0.1, 0.15) is 54.5 Å². The summed E-state index contributed by atoms with van der Waals surface area (Å²) in [6.45, 7) is 0.732. The van der Waals surface area contributed by atoms with Gasteiger partial charge in [-0.25, -0.2) is 0 Å². The molecule has 3 aliphatic rings. The van der Waals surface area contributed by atoms with Crippen LogP contribution in [0.5, 0.6) is 5.75 Å². The topological polar surface area (TPSA) is 161 Å². The molecule has 0 saturated carbocycles. The summed E-state index contributed by atoms with van der Waals surface area (Å²) < 4.78 is 62.6. The second kappa shape index (κ2) is 19.6. The van der Waals surface area contributed by atoms with Gasteiger partial charge in [-0.05, 0) is 34.4 Å². The van der Waals surface area contributed by atoms with Gasteiger partial charge in [0.25, 0.3) is 0 Å². The number of aliphatic hydroxyl groups excluding tert-OH is 1. The molecule has 0 radical (unpaired) electrons. The summed E-state index contributed by atoms with van der Waals surface area (Å²) in [6.07, 6.45) is -9.43. The van der Waals surface area contributed by atoms with Gasteiger partial charge < -0.3 is 52.5 Å². The normalized spacial score (nSPS) is 30.2. The molecule has 3 heterocycles. The first-order valence-corrected chi connectivity index (χ1v) is 18.6. The Hall–Kier alpha value is -4.41. The Bertz CT molecular complexity index is 1820. The molecule has 11 atom stereocenters. The van der Waals surface area contributed by atoms with Gasteiger partial charge in [-0.1, -0.05) is 108 Å². The minimum absolute atomic E-state index is 0.0529. The van der Waals surface area contributed by atoms with Crippen molar-refractivity contribution in [2.75, 3.05) is 27.4 Å². The molecule has 14 heteroatoms. The Kier molecular flexibility index (Phi) is 14.0. The van der Waals surface area contributed by atoms with E-state index in [0.717, 1.165) is 22.3 Å². The summed E-state index contributed by atoms with van der Waals surface area (Å²) in [4.78, 5) is 3.12. The van der Waals surface area contributed by atoms with Gasteiger partial charge in [0, 0.05) is 17.6 Å². The van der Waals surface area contributed by atoms with Crippen LogP contribution in [0, 0.1) is 0 Å². The van der Waals surface area contributed by atoms with E-state index < -0.39 is 67.6 Å². The van der Waals surface area contributed by atoms with Crippen molar-refractivity contribution in [1.82, 2.24) is 0 Å². The predicted molar refractivity (Wildman–Crippen MR) is 201 cm³/mol. The number of hydrogen-bond acceptors (Lipinski definition) is 12. The van der Waals surface area contributed by atoms with E-state index in [1.807, 2.05) is 115 Å². The number of benzene rings is 4. The number of aliphatic hydroxyl groups is 1. The van der Waals surface area contributed by atoms with Crippen molar-refractivity contribution < 1.29 is 52.5 Å². The third-order valence-electron chi connectivity index (χ3n) is 9.98. The third kappa shape index (κ3) is 9.75. The molecular formula is C42H47N3O11. The van der Waals surface area contributed by atoms with E-state index in [9.17, 15) is 10.6 Å². The van der Waals surface area contributed by atoms with Crippen LogP contribution in [0.3, 0.4) is 0 Å². The van der Waals surface area contributed by atoms with E-state index in [1.165, 1.54) is 7.11 Å². The second-order valence-electron chi connectivity index (χ2n) is 13.7. The average molecular weight is 770 g/mol. The zero-order valence-corrected chi connectivity index (χ0v) is 31.2. The number of methoxy groups -OCH3 is 2. The predicted octanol–water partition coefficient (Wildman–Crippen LogP) is 6.02. The molecule has 3 fully saturated rings. The van der Waals surface area contributed by atoms with Crippen molar-refractivity contribution in [1.29, 1.82) is 0 Å². The lowest BCUT2D eigenvalue weighted by Crippen LogP contribution is -2.66. The molecule has 56 heavy (non-hydrogen) atoms. The molecule has 7 rings (SSSR count). The molecule has 0 aromatic heterocycles. The Balaban J connectivity index is 1.19. The van der Waals surface area contributed by atoms with Crippen molar-refractivity contribution in [3.63, 3.8) is 0 Å². The summed E-state index contributed by atoms with van der Waals surface area (Å²) in [5.41, 5.74) is 13.2. The number of rotatable bonds is 16. The lowest BCUT2D eigenvalue weighted by atomic mass is 9.95. The summed E-state index contributed by atoms with van der Waals surface area (Å²) in [7, 11) is 3.07. The molecule has 296 valence electrons. The summed E-state index contributed by atoms with van der Waals surface area (Å²) >= 11 is 0. The molecule has 4 aromatic rings. The van der Waals surface area contributed by atoms with E-state index in [-0.39, 0.29) is 26.4 Å². The number of azide groups is 1. The summed E-state index contributed by atoms with van der Waals surface area (Å²) in [5.74, 6) is 0.699. The van der Waals surface area contributed by atoms with Crippen LogP contribution in [0.25, 0.3) is 10.4 Å². The number of nitrogens with zero attached hydrogens (tertiary/aromatic N) is 3. The Morgan fingerprint density at radius 1 is 0.714 bits per heavy atom. The molecule has 0 aliphatic carbocycles. The van der Waals surface area contributed by atoms with Gasteiger partial charge in [-0.15, -0.1) is 0 Å². The molecule has 3 saturated heterocycles. The Labute approximate surface area is 325 Å². The van der Waals surface area contributed by atoms with Crippen LogP contribution in [0.1, 0.15) is 28.5 Å². The van der Waals surface area contributed by atoms with Crippen molar-refractivity contribution >= 4 is 0 Å². The zero-order valence-electron chi connectivity index (χ0n) is 31.2. The molecule has 4 aromatic carbocycles. The first kappa shape index (κ1) is 39.8. The quantitative estimate of drug-likeness (QED) is 0.0807. The second-order valence-corrected chi connectivity index (χ2v) is 13.7.